The minimum Gasteiger partial charge on any atom is -0.508 e. The van der Waals surface area contributed by atoms with Gasteiger partial charge in [0.05, 0.1) is 0 Å². The Morgan fingerprint density at radius 3 is 2.00 bits per heavy atom. The molecular weight excluding hydrogens is 212 g/mol. The zero-order chi connectivity index (χ0) is 13.2. The molecule has 0 fully saturated rings. The van der Waals surface area contributed by atoms with Crippen LogP contribution in [0.1, 0.15) is 63.1 Å². The van der Waals surface area contributed by atoms with Gasteiger partial charge >= 0.3 is 0 Å². The maximum Gasteiger partial charge on any atom is 0.134 e. The van der Waals surface area contributed by atoms with Gasteiger partial charge in [0.25, 0.3) is 0 Å². The molecule has 2 heteroatoms. The molecule has 0 saturated carbocycles. The van der Waals surface area contributed by atoms with Gasteiger partial charge < -0.3 is 5.11 Å². The fourth-order valence-corrected chi connectivity index (χ4v) is 2.08. The first-order valence-corrected chi connectivity index (χ1v) is 6.18. The van der Waals surface area contributed by atoms with Gasteiger partial charge in [0.15, 0.2) is 0 Å². The second-order valence-corrected chi connectivity index (χ2v) is 5.30. The lowest BCUT2D eigenvalue weighted by molar-refractivity contribution is -0.116. The SMILES string of the molecule is CC(=O)Cc1cc(C(C)C)c(C(C)C)cc1O. The summed E-state index contributed by atoms with van der Waals surface area (Å²) in [5.74, 6) is 1.10. The molecule has 0 atom stereocenters. The summed E-state index contributed by atoms with van der Waals surface area (Å²) in [4.78, 5) is 11.2. The summed E-state index contributed by atoms with van der Waals surface area (Å²) < 4.78 is 0. The standard InChI is InChI=1S/C15H22O2/c1-9(2)13-7-12(6-11(5)16)15(17)8-14(13)10(3)4/h7-10,17H,6H2,1-5H3. The average Bonchev–Trinajstić information content (AvgIpc) is 2.19. The smallest absolute Gasteiger partial charge is 0.134 e. The molecule has 1 rings (SSSR count). The summed E-state index contributed by atoms with van der Waals surface area (Å²) in [7, 11) is 0. The Labute approximate surface area is 104 Å². The Morgan fingerprint density at radius 2 is 1.59 bits per heavy atom. The predicted octanol–water partition coefficient (Wildman–Crippen LogP) is 3.77. The van der Waals surface area contributed by atoms with Gasteiger partial charge in [0.1, 0.15) is 11.5 Å². The largest absolute Gasteiger partial charge is 0.508 e. The van der Waals surface area contributed by atoms with E-state index < -0.39 is 0 Å². The first kappa shape index (κ1) is 13.8. The molecule has 0 aliphatic rings. The molecule has 17 heavy (non-hydrogen) atoms. The van der Waals surface area contributed by atoms with Crippen molar-refractivity contribution in [2.24, 2.45) is 0 Å². The maximum absolute atomic E-state index is 11.2. The number of phenols is 1. The molecule has 0 spiro atoms. The third-order valence-electron chi connectivity index (χ3n) is 2.97. The van der Waals surface area contributed by atoms with E-state index in [4.69, 9.17) is 0 Å². The number of carbonyl (C=O) groups excluding carboxylic acids is 1. The van der Waals surface area contributed by atoms with Crippen molar-refractivity contribution in [2.45, 2.75) is 52.9 Å². The summed E-state index contributed by atoms with van der Waals surface area (Å²) in [6, 6.07) is 3.80. The molecule has 0 aromatic heterocycles. The molecule has 0 aliphatic carbocycles. The number of rotatable bonds is 4. The van der Waals surface area contributed by atoms with Crippen LogP contribution >= 0.6 is 0 Å². The van der Waals surface area contributed by atoms with Crippen molar-refractivity contribution in [3.05, 3.63) is 28.8 Å². The molecule has 1 aromatic carbocycles. The van der Waals surface area contributed by atoms with Crippen LogP contribution in [0.2, 0.25) is 0 Å². The lowest BCUT2D eigenvalue weighted by atomic mass is 9.88. The Morgan fingerprint density at radius 1 is 1.12 bits per heavy atom. The van der Waals surface area contributed by atoms with Crippen molar-refractivity contribution in [3.63, 3.8) is 0 Å². The zero-order valence-corrected chi connectivity index (χ0v) is 11.4. The molecule has 94 valence electrons. The van der Waals surface area contributed by atoms with Crippen LogP contribution in [0.5, 0.6) is 5.75 Å². The minimum atomic E-state index is 0.0762. The second-order valence-electron chi connectivity index (χ2n) is 5.30. The van der Waals surface area contributed by atoms with Crippen LogP contribution in [0.4, 0.5) is 0 Å². The molecular formula is C15H22O2. The number of carbonyl (C=O) groups is 1. The van der Waals surface area contributed by atoms with Crippen molar-refractivity contribution < 1.29 is 9.90 Å². The summed E-state index contributed by atoms with van der Waals surface area (Å²) in [5.41, 5.74) is 3.14. The summed E-state index contributed by atoms with van der Waals surface area (Å²) in [5, 5.41) is 9.94. The van der Waals surface area contributed by atoms with Crippen molar-refractivity contribution in [2.75, 3.05) is 0 Å². The highest BCUT2D eigenvalue weighted by Gasteiger charge is 2.15. The van der Waals surface area contributed by atoms with Crippen LogP contribution in [-0.2, 0) is 11.2 Å². The lowest BCUT2D eigenvalue weighted by Crippen LogP contribution is -2.03. The zero-order valence-electron chi connectivity index (χ0n) is 11.4. The molecule has 0 aliphatic heterocycles. The molecule has 0 heterocycles. The van der Waals surface area contributed by atoms with Gasteiger partial charge in [-0.05, 0) is 36.0 Å². The topological polar surface area (TPSA) is 37.3 Å². The summed E-state index contributed by atoms with van der Waals surface area (Å²) in [6.07, 6.45) is 0.309. The first-order chi connectivity index (χ1) is 7.82. The number of hydrogen-bond donors (Lipinski definition) is 1. The second kappa shape index (κ2) is 5.35. The molecule has 0 bridgehead atoms. The number of benzene rings is 1. The third-order valence-corrected chi connectivity index (χ3v) is 2.97. The van der Waals surface area contributed by atoms with E-state index in [2.05, 4.69) is 27.7 Å². The summed E-state index contributed by atoms with van der Waals surface area (Å²) in [6.45, 7) is 10.0. The number of Topliss-reactive ketones (excluding diaryl/α,β-unsaturated/α-hetero) is 1. The van der Waals surface area contributed by atoms with Gasteiger partial charge in [-0.2, -0.15) is 0 Å². The fourth-order valence-electron chi connectivity index (χ4n) is 2.08. The highest BCUT2D eigenvalue weighted by molar-refractivity contribution is 5.79. The van der Waals surface area contributed by atoms with E-state index >= 15 is 0 Å². The highest BCUT2D eigenvalue weighted by Crippen LogP contribution is 2.32. The van der Waals surface area contributed by atoms with Crippen LogP contribution in [0, 0.1) is 0 Å². The van der Waals surface area contributed by atoms with Crippen LogP contribution in [0.25, 0.3) is 0 Å². The van der Waals surface area contributed by atoms with Gasteiger partial charge in [0.2, 0.25) is 0 Å². The molecule has 0 saturated heterocycles. The molecule has 1 N–H and O–H groups in total. The Bertz CT molecular complexity index is 417. The highest BCUT2D eigenvalue weighted by atomic mass is 16.3. The molecule has 0 unspecified atom stereocenters. The van der Waals surface area contributed by atoms with Crippen molar-refractivity contribution >= 4 is 5.78 Å². The fraction of sp³-hybridized carbons (Fsp3) is 0.533. The molecule has 0 amide bonds. The monoisotopic (exact) mass is 234 g/mol. The van der Waals surface area contributed by atoms with E-state index in [9.17, 15) is 9.90 Å². The number of ketones is 1. The predicted molar refractivity (Wildman–Crippen MR) is 70.7 cm³/mol. The quantitative estimate of drug-likeness (QED) is 0.861. The normalized spacial score (nSPS) is 11.2. The molecule has 2 nitrogen and oxygen atoms in total. The van der Waals surface area contributed by atoms with Crippen LogP contribution in [-0.4, -0.2) is 10.9 Å². The number of hydrogen-bond acceptors (Lipinski definition) is 2. The molecule has 0 radical (unpaired) electrons. The Hall–Kier alpha value is -1.31. The molecule has 1 aromatic rings. The first-order valence-electron chi connectivity index (χ1n) is 6.18. The van der Waals surface area contributed by atoms with Gasteiger partial charge in [-0.15, -0.1) is 0 Å². The summed E-state index contributed by atoms with van der Waals surface area (Å²) >= 11 is 0. The van der Waals surface area contributed by atoms with Gasteiger partial charge in [-0.3, -0.25) is 4.79 Å². The lowest BCUT2D eigenvalue weighted by Gasteiger charge is -2.18. The van der Waals surface area contributed by atoms with Crippen LogP contribution < -0.4 is 0 Å². The van der Waals surface area contributed by atoms with E-state index in [1.165, 1.54) is 11.1 Å². The van der Waals surface area contributed by atoms with Crippen LogP contribution in [0.15, 0.2) is 12.1 Å². The Kier molecular flexibility index (Phi) is 4.33. The van der Waals surface area contributed by atoms with Crippen LogP contribution in [0.3, 0.4) is 0 Å². The van der Waals surface area contributed by atoms with E-state index in [1.807, 2.05) is 12.1 Å². The van der Waals surface area contributed by atoms with Gasteiger partial charge in [-0.25, -0.2) is 0 Å². The Balaban J connectivity index is 3.29. The van der Waals surface area contributed by atoms with Crippen molar-refractivity contribution in [1.29, 1.82) is 0 Å². The van der Waals surface area contributed by atoms with E-state index in [0.29, 0.717) is 18.3 Å². The number of aromatic hydroxyl groups is 1. The van der Waals surface area contributed by atoms with Gasteiger partial charge in [0, 0.05) is 12.0 Å². The average molecular weight is 234 g/mol. The van der Waals surface area contributed by atoms with Crippen molar-refractivity contribution in [3.8, 4) is 5.75 Å². The third kappa shape index (κ3) is 3.32. The number of phenolic OH excluding ortho intramolecular Hbond substituents is 1. The van der Waals surface area contributed by atoms with E-state index in [1.54, 1.807) is 6.92 Å². The van der Waals surface area contributed by atoms with Gasteiger partial charge in [-0.1, -0.05) is 33.8 Å². The van der Waals surface area contributed by atoms with E-state index in [-0.39, 0.29) is 11.5 Å². The minimum absolute atomic E-state index is 0.0762. The van der Waals surface area contributed by atoms with Crippen molar-refractivity contribution in [1.82, 2.24) is 0 Å². The van der Waals surface area contributed by atoms with E-state index in [0.717, 1.165) is 5.56 Å². The maximum atomic E-state index is 11.2.